The van der Waals surface area contributed by atoms with Gasteiger partial charge in [-0.3, -0.25) is 9.10 Å². The smallest absolute Gasteiger partial charge is 0.264 e. The van der Waals surface area contributed by atoms with Crippen LogP contribution in [0.15, 0.2) is 82.6 Å². The quantitative estimate of drug-likeness (QED) is 0.302. The molecule has 0 atom stereocenters. The van der Waals surface area contributed by atoms with E-state index in [1.165, 1.54) is 24.6 Å². The molecule has 1 N–H and O–H groups in total. The number of hydrogen-bond donors (Lipinski definition) is 1. The number of nitrogens with zero attached hydrogens (tertiary/aromatic N) is 1. The molecular formula is C28H32N2O5S2. The highest BCUT2D eigenvalue weighted by Crippen LogP contribution is 2.28. The van der Waals surface area contributed by atoms with Crippen molar-refractivity contribution >= 4 is 39.1 Å². The van der Waals surface area contributed by atoms with E-state index in [1.807, 2.05) is 25.3 Å². The number of sulfonamides is 1. The average molecular weight is 541 g/mol. The Balaban J connectivity index is 1.52. The van der Waals surface area contributed by atoms with Crippen molar-refractivity contribution in [1.29, 1.82) is 0 Å². The van der Waals surface area contributed by atoms with Crippen LogP contribution in [0.3, 0.4) is 0 Å². The Hall–Kier alpha value is -3.17. The fourth-order valence-corrected chi connectivity index (χ4v) is 6.04. The molecule has 3 aromatic rings. The highest BCUT2D eigenvalue weighted by atomic mass is 32.2. The summed E-state index contributed by atoms with van der Waals surface area (Å²) >= 11 is 1.53. The number of thioether (sulfide) groups is 1. The normalized spacial score (nSPS) is 13.8. The zero-order valence-corrected chi connectivity index (χ0v) is 22.7. The molecule has 196 valence electrons. The maximum Gasteiger partial charge on any atom is 0.264 e. The third kappa shape index (κ3) is 6.99. The minimum Gasteiger partial charge on any atom is -0.494 e. The summed E-state index contributed by atoms with van der Waals surface area (Å²) in [4.78, 5) is 14.1. The molecule has 3 aromatic carbocycles. The van der Waals surface area contributed by atoms with Crippen LogP contribution in [-0.2, 0) is 14.8 Å². The summed E-state index contributed by atoms with van der Waals surface area (Å²) in [5.74, 6) is 0.928. The lowest BCUT2D eigenvalue weighted by Gasteiger charge is -2.24. The van der Waals surface area contributed by atoms with Crippen LogP contribution in [0, 0.1) is 0 Å². The number of carbonyl (C=O) groups is 1. The second kappa shape index (κ2) is 12.4. The first kappa shape index (κ1) is 26.9. The standard InChI is InChI=1S/C28H32N2O5S2/c1-3-34-23-14-10-22(11-15-23)30(37(32,33)27-18-16-26(36-2)17-19-27)20-28(31)29-21-8-12-25(13-9-21)35-24-6-4-5-7-24/h8-19,24H,3-7,20H2,1-2H3,(H,29,31). The van der Waals surface area contributed by atoms with E-state index in [0.717, 1.165) is 27.8 Å². The summed E-state index contributed by atoms with van der Waals surface area (Å²) in [5, 5.41) is 2.81. The number of amides is 1. The van der Waals surface area contributed by atoms with Crippen LogP contribution in [0.1, 0.15) is 32.6 Å². The van der Waals surface area contributed by atoms with Gasteiger partial charge in [0.05, 0.1) is 23.3 Å². The monoisotopic (exact) mass is 540 g/mol. The first-order valence-electron chi connectivity index (χ1n) is 12.4. The Morgan fingerprint density at radius 3 is 2.16 bits per heavy atom. The third-order valence-electron chi connectivity index (χ3n) is 6.11. The van der Waals surface area contributed by atoms with Crippen molar-refractivity contribution in [2.45, 2.75) is 48.5 Å². The molecule has 0 aliphatic heterocycles. The van der Waals surface area contributed by atoms with E-state index in [9.17, 15) is 13.2 Å². The topological polar surface area (TPSA) is 84.9 Å². The minimum absolute atomic E-state index is 0.111. The molecule has 9 heteroatoms. The Labute approximate surface area is 223 Å². The van der Waals surface area contributed by atoms with Crippen molar-refractivity contribution in [3.8, 4) is 11.5 Å². The molecule has 0 heterocycles. The molecular weight excluding hydrogens is 508 g/mol. The van der Waals surface area contributed by atoms with Gasteiger partial charge in [0.25, 0.3) is 10.0 Å². The number of ether oxygens (including phenoxy) is 2. The lowest BCUT2D eigenvalue weighted by molar-refractivity contribution is -0.114. The van der Waals surface area contributed by atoms with Gasteiger partial charge in [0.15, 0.2) is 0 Å². The Bertz CT molecular complexity index is 1270. The van der Waals surface area contributed by atoms with Gasteiger partial charge in [-0.15, -0.1) is 11.8 Å². The van der Waals surface area contributed by atoms with E-state index in [-0.39, 0.29) is 17.5 Å². The van der Waals surface area contributed by atoms with E-state index in [0.29, 0.717) is 23.7 Å². The molecule has 0 saturated heterocycles. The fourth-order valence-electron chi connectivity index (χ4n) is 4.21. The maximum absolute atomic E-state index is 13.6. The van der Waals surface area contributed by atoms with Gasteiger partial charge in [-0.1, -0.05) is 0 Å². The van der Waals surface area contributed by atoms with E-state index in [2.05, 4.69) is 5.32 Å². The van der Waals surface area contributed by atoms with Gasteiger partial charge in [-0.05, 0) is 112 Å². The average Bonchev–Trinajstić information content (AvgIpc) is 3.42. The van der Waals surface area contributed by atoms with Crippen LogP contribution in [0.5, 0.6) is 11.5 Å². The van der Waals surface area contributed by atoms with E-state index in [4.69, 9.17) is 9.47 Å². The van der Waals surface area contributed by atoms with Gasteiger partial charge in [0, 0.05) is 10.6 Å². The molecule has 1 aliphatic carbocycles. The first-order valence-corrected chi connectivity index (χ1v) is 15.0. The van der Waals surface area contributed by atoms with Gasteiger partial charge >= 0.3 is 0 Å². The zero-order chi connectivity index (χ0) is 26.3. The van der Waals surface area contributed by atoms with Crippen LogP contribution in [0.2, 0.25) is 0 Å². The summed E-state index contributed by atoms with van der Waals surface area (Å²) in [6, 6.07) is 20.5. The summed E-state index contributed by atoms with van der Waals surface area (Å²) in [6.45, 7) is 1.98. The summed E-state index contributed by atoms with van der Waals surface area (Å²) in [6.07, 6.45) is 6.68. The minimum atomic E-state index is -4.01. The van der Waals surface area contributed by atoms with Crippen molar-refractivity contribution in [2.24, 2.45) is 0 Å². The first-order chi connectivity index (χ1) is 17.9. The number of anilines is 2. The van der Waals surface area contributed by atoms with Gasteiger partial charge in [0.2, 0.25) is 5.91 Å². The SMILES string of the molecule is CCOc1ccc(N(CC(=O)Nc2ccc(OC3CCCC3)cc2)S(=O)(=O)c2ccc(SC)cc2)cc1. The van der Waals surface area contributed by atoms with Gasteiger partial charge < -0.3 is 14.8 Å². The molecule has 0 unspecified atom stereocenters. The third-order valence-corrected chi connectivity index (χ3v) is 8.65. The zero-order valence-electron chi connectivity index (χ0n) is 21.1. The van der Waals surface area contributed by atoms with Gasteiger partial charge in [-0.2, -0.15) is 0 Å². The Morgan fingerprint density at radius 1 is 0.946 bits per heavy atom. The molecule has 0 aromatic heterocycles. The number of rotatable bonds is 11. The lowest BCUT2D eigenvalue weighted by Crippen LogP contribution is -2.38. The molecule has 1 amide bonds. The Morgan fingerprint density at radius 2 is 1.57 bits per heavy atom. The molecule has 37 heavy (non-hydrogen) atoms. The molecule has 1 fully saturated rings. The van der Waals surface area contributed by atoms with Crippen LogP contribution >= 0.6 is 11.8 Å². The predicted octanol–water partition coefficient (Wildman–Crippen LogP) is 5.96. The molecule has 1 saturated carbocycles. The van der Waals surface area contributed by atoms with Crippen molar-refractivity contribution in [1.82, 2.24) is 0 Å². The largest absolute Gasteiger partial charge is 0.494 e. The maximum atomic E-state index is 13.6. The number of nitrogens with one attached hydrogen (secondary N) is 1. The highest BCUT2D eigenvalue weighted by molar-refractivity contribution is 7.98. The van der Waals surface area contributed by atoms with E-state index < -0.39 is 15.9 Å². The molecule has 0 spiro atoms. The van der Waals surface area contributed by atoms with Gasteiger partial charge in [-0.25, -0.2) is 8.42 Å². The van der Waals surface area contributed by atoms with Crippen molar-refractivity contribution in [3.05, 3.63) is 72.8 Å². The van der Waals surface area contributed by atoms with Crippen LogP contribution in [-0.4, -0.2) is 39.8 Å². The predicted molar refractivity (Wildman–Crippen MR) is 148 cm³/mol. The molecule has 0 bridgehead atoms. The van der Waals surface area contributed by atoms with Crippen LogP contribution in [0.25, 0.3) is 0 Å². The van der Waals surface area contributed by atoms with Crippen molar-refractivity contribution < 1.29 is 22.7 Å². The summed E-state index contributed by atoms with van der Waals surface area (Å²) in [5.41, 5.74) is 0.935. The Kier molecular flexibility index (Phi) is 9.00. The molecule has 7 nitrogen and oxygen atoms in total. The second-order valence-corrected chi connectivity index (χ2v) is 11.5. The summed E-state index contributed by atoms with van der Waals surface area (Å²) in [7, 11) is -4.01. The van der Waals surface area contributed by atoms with Crippen LogP contribution < -0.4 is 19.1 Å². The van der Waals surface area contributed by atoms with E-state index in [1.54, 1.807) is 60.7 Å². The van der Waals surface area contributed by atoms with Crippen molar-refractivity contribution in [2.75, 3.05) is 29.0 Å². The summed E-state index contributed by atoms with van der Waals surface area (Å²) < 4.78 is 39.8. The second-order valence-electron chi connectivity index (χ2n) is 8.71. The van der Waals surface area contributed by atoms with Crippen LogP contribution in [0.4, 0.5) is 11.4 Å². The number of carbonyl (C=O) groups excluding carboxylic acids is 1. The number of benzene rings is 3. The lowest BCUT2D eigenvalue weighted by atomic mass is 10.2. The molecule has 0 radical (unpaired) electrons. The van der Waals surface area contributed by atoms with Crippen molar-refractivity contribution in [3.63, 3.8) is 0 Å². The van der Waals surface area contributed by atoms with E-state index >= 15 is 0 Å². The number of hydrogen-bond acceptors (Lipinski definition) is 6. The highest BCUT2D eigenvalue weighted by Gasteiger charge is 2.27. The van der Waals surface area contributed by atoms with Gasteiger partial charge in [0.1, 0.15) is 18.0 Å². The molecule has 1 aliphatic rings. The fraction of sp³-hybridized carbons (Fsp3) is 0.321. The molecule has 4 rings (SSSR count).